The van der Waals surface area contributed by atoms with Crippen molar-refractivity contribution in [2.45, 2.75) is 26.4 Å². The van der Waals surface area contributed by atoms with E-state index in [-0.39, 0.29) is 6.10 Å². The Morgan fingerprint density at radius 1 is 1.58 bits per heavy atom. The maximum Gasteiger partial charge on any atom is 0.267 e. The number of nitrogens with two attached hydrogens (primary N) is 1. The average Bonchev–Trinajstić information content (AvgIpc) is 2.64. The summed E-state index contributed by atoms with van der Waals surface area (Å²) in [7, 11) is 0. The van der Waals surface area contributed by atoms with Crippen molar-refractivity contribution in [3.05, 3.63) is 24.0 Å². The Bertz CT molecular complexity index is 448. The van der Waals surface area contributed by atoms with Gasteiger partial charge in [0.25, 0.3) is 5.91 Å². The van der Waals surface area contributed by atoms with E-state index in [0.29, 0.717) is 11.6 Å². The fraction of sp³-hybridized carbons (Fsp3) is 0.571. The van der Waals surface area contributed by atoms with Crippen LogP contribution in [0.2, 0.25) is 0 Å². The van der Waals surface area contributed by atoms with Gasteiger partial charge < -0.3 is 15.4 Å². The molecular weight excluding hydrogens is 242 g/mol. The standard InChI is InChI=1S/C14H21N3O2/c1-10(2)13-9-17(6-3-7-19-13)11-4-5-16-12(8-11)14(15)18/h4-5,8,10,13H,3,6-7,9H2,1-2H3,(H2,15,18). The van der Waals surface area contributed by atoms with Crippen LogP contribution in [0, 0.1) is 5.92 Å². The van der Waals surface area contributed by atoms with Gasteiger partial charge in [-0.25, -0.2) is 0 Å². The Morgan fingerprint density at radius 2 is 2.37 bits per heavy atom. The normalized spacial score (nSPS) is 20.4. The summed E-state index contributed by atoms with van der Waals surface area (Å²) < 4.78 is 5.84. The molecule has 1 saturated heterocycles. The van der Waals surface area contributed by atoms with Crippen molar-refractivity contribution in [3.8, 4) is 0 Å². The van der Waals surface area contributed by atoms with Crippen LogP contribution in [0.5, 0.6) is 0 Å². The number of rotatable bonds is 3. The molecule has 2 rings (SSSR count). The zero-order valence-corrected chi connectivity index (χ0v) is 11.5. The summed E-state index contributed by atoms with van der Waals surface area (Å²) in [6, 6.07) is 3.67. The molecule has 0 spiro atoms. The van der Waals surface area contributed by atoms with Crippen LogP contribution >= 0.6 is 0 Å². The van der Waals surface area contributed by atoms with Gasteiger partial charge in [-0.2, -0.15) is 0 Å². The second kappa shape index (κ2) is 6.02. The molecule has 2 N–H and O–H groups in total. The minimum Gasteiger partial charge on any atom is -0.376 e. The molecule has 1 unspecified atom stereocenters. The summed E-state index contributed by atoms with van der Waals surface area (Å²) in [5, 5.41) is 0. The second-order valence-electron chi connectivity index (χ2n) is 5.22. The van der Waals surface area contributed by atoms with Crippen LogP contribution < -0.4 is 10.6 Å². The maximum absolute atomic E-state index is 11.2. The van der Waals surface area contributed by atoms with E-state index in [0.717, 1.165) is 31.8 Å². The van der Waals surface area contributed by atoms with E-state index in [1.807, 2.05) is 6.07 Å². The Balaban J connectivity index is 2.19. The van der Waals surface area contributed by atoms with Crippen molar-refractivity contribution in [3.63, 3.8) is 0 Å². The molecule has 0 radical (unpaired) electrons. The number of nitrogens with zero attached hydrogens (tertiary/aromatic N) is 2. The summed E-state index contributed by atoms with van der Waals surface area (Å²) in [4.78, 5) is 17.4. The molecule has 0 aromatic carbocycles. The number of primary amides is 1. The molecular formula is C14H21N3O2. The number of amides is 1. The predicted octanol–water partition coefficient (Wildman–Crippen LogP) is 1.43. The van der Waals surface area contributed by atoms with Gasteiger partial charge >= 0.3 is 0 Å². The van der Waals surface area contributed by atoms with E-state index < -0.39 is 5.91 Å². The lowest BCUT2D eigenvalue weighted by molar-refractivity contribution is 0.0376. The largest absolute Gasteiger partial charge is 0.376 e. The van der Waals surface area contributed by atoms with E-state index in [2.05, 4.69) is 23.7 Å². The molecule has 5 heteroatoms. The number of anilines is 1. The van der Waals surface area contributed by atoms with Gasteiger partial charge in [0.05, 0.1) is 6.10 Å². The van der Waals surface area contributed by atoms with E-state index in [1.54, 1.807) is 12.3 Å². The molecule has 1 fully saturated rings. The first-order valence-electron chi connectivity index (χ1n) is 6.70. The third-order valence-electron chi connectivity index (χ3n) is 3.41. The third-order valence-corrected chi connectivity index (χ3v) is 3.41. The van der Waals surface area contributed by atoms with Crippen LogP contribution in [-0.2, 0) is 4.74 Å². The molecule has 1 aliphatic heterocycles. The van der Waals surface area contributed by atoms with E-state index in [4.69, 9.17) is 10.5 Å². The zero-order valence-electron chi connectivity index (χ0n) is 11.5. The topological polar surface area (TPSA) is 68.5 Å². The van der Waals surface area contributed by atoms with Gasteiger partial charge in [0.1, 0.15) is 5.69 Å². The number of carbonyl (C=O) groups excluding carboxylic acids is 1. The molecule has 104 valence electrons. The van der Waals surface area contributed by atoms with Gasteiger partial charge in [-0.05, 0) is 24.5 Å². The molecule has 1 aromatic rings. The molecule has 0 aliphatic carbocycles. The van der Waals surface area contributed by atoms with Crippen molar-refractivity contribution in [2.24, 2.45) is 11.7 Å². The van der Waals surface area contributed by atoms with Crippen molar-refractivity contribution in [1.29, 1.82) is 0 Å². The molecule has 1 aliphatic rings. The highest BCUT2D eigenvalue weighted by Gasteiger charge is 2.22. The van der Waals surface area contributed by atoms with Crippen molar-refractivity contribution in [2.75, 3.05) is 24.6 Å². The Labute approximate surface area is 113 Å². The number of carbonyl (C=O) groups is 1. The highest BCUT2D eigenvalue weighted by molar-refractivity contribution is 5.91. The Kier molecular flexibility index (Phi) is 4.37. The Morgan fingerprint density at radius 3 is 3.05 bits per heavy atom. The van der Waals surface area contributed by atoms with Crippen LogP contribution in [0.4, 0.5) is 5.69 Å². The predicted molar refractivity (Wildman–Crippen MR) is 74.2 cm³/mol. The molecule has 1 amide bonds. The summed E-state index contributed by atoms with van der Waals surface area (Å²) in [6.07, 6.45) is 2.83. The molecule has 5 nitrogen and oxygen atoms in total. The minimum absolute atomic E-state index is 0.215. The van der Waals surface area contributed by atoms with Gasteiger partial charge in [-0.15, -0.1) is 0 Å². The quantitative estimate of drug-likeness (QED) is 0.895. The van der Waals surface area contributed by atoms with Crippen LogP contribution in [0.3, 0.4) is 0 Å². The molecule has 19 heavy (non-hydrogen) atoms. The van der Waals surface area contributed by atoms with Gasteiger partial charge in [0, 0.05) is 31.6 Å². The van der Waals surface area contributed by atoms with Gasteiger partial charge in [0.15, 0.2) is 0 Å². The van der Waals surface area contributed by atoms with Gasteiger partial charge in [-0.1, -0.05) is 13.8 Å². The second-order valence-corrected chi connectivity index (χ2v) is 5.22. The lowest BCUT2D eigenvalue weighted by Crippen LogP contribution is -2.34. The third kappa shape index (κ3) is 3.44. The fourth-order valence-corrected chi connectivity index (χ4v) is 2.24. The number of hydrogen-bond acceptors (Lipinski definition) is 4. The van der Waals surface area contributed by atoms with Crippen molar-refractivity contribution in [1.82, 2.24) is 4.98 Å². The molecule has 2 heterocycles. The first-order chi connectivity index (χ1) is 9.08. The van der Waals surface area contributed by atoms with Gasteiger partial charge in [-0.3, -0.25) is 9.78 Å². The first kappa shape index (κ1) is 13.8. The van der Waals surface area contributed by atoms with E-state index in [9.17, 15) is 4.79 Å². The van der Waals surface area contributed by atoms with Gasteiger partial charge in [0.2, 0.25) is 0 Å². The van der Waals surface area contributed by atoms with Crippen LogP contribution in [-0.4, -0.2) is 36.7 Å². The minimum atomic E-state index is -0.492. The highest BCUT2D eigenvalue weighted by atomic mass is 16.5. The lowest BCUT2D eigenvalue weighted by Gasteiger charge is -2.27. The fourth-order valence-electron chi connectivity index (χ4n) is 2.24. The number of aromatic nitrogens is 1. The van der Waals surface area contributed by atoms with Crippen LogP contribution in [0.25, 0.3) is 0 Å². The highest BCUT2D eigenvalue weighted by Crippen LogP contribution is 2.20. The summed E-state index contributed by atoms with van der Waals surface area (Å²) in [5.74, 6) is -0.0219. The zero-order chi connectivity index (χ0) is 13.8. The monoisotopic (exact) mass is 263 g/mol. The van der Waals surface area contributed by atoms with Crippen LogP contribution in [0.1, 0.15) is 30.8 Å². The average molecular weight is 263 g/mol. The molecule has 1 aromatic heterocycles. The van der Waals surface area contributed by atoms with Crippen LogP contribution in [0.15, 0.2) is 18.3 Å². The van der Waals surface area contributed by atoms with E-state index >= 15 is 0 Å². The number of pyridine rings is 1. The number of ether oxygens (including phenoxy) is 1. The van der Waals surface area contributed by atoms with Crippen molar-refractivity contribution < 1.29 is 9.53 Å². The Hall–Kier alpha value is -1.62. The SMILES string of the molecule is CC(C)C1CN(c2ccnc(C(N)=O)c2)CCCO1. The molecule has 0 bridgehead atoms. The number of hydrogen-bond donors (Lipinski definition) is 1. The lowest BCUT2D eigenvalue weighted by atomic mass is 10.1. The first-order valence-corrected chi connectivity index (χ1v) is 6.70. The summed E-state index contributed by atoms with van der Waals surface area (Å²) >= 11 is 0. The molecule has 1 atom stereocenters. The summed E-state index contributed by atoms with van der Waals surface area (Å²) in [6.45, 7) is 6.86. The maximum atomic E-state index is 11.2. The summed E-state index contributed by atoms with van der Waals surface area (Å²) in [5.41, 5.74) is 6.57. The molecule has 0 saturated carbocycles. The van der Waals surface area contributed by atoms with E-state index in [1.165, 1.54) is 0 Å². The smallest absolute Gasteiger partial charge is 0.267 e. The van der Waals surface area contributed by atoms with Crippen molar-refractivity contribution >= 4 is 11.6 Å².